The van der Waals surface area contributed by atoms with Gasteiger partial charge in [-0.2, -0.15) is 0 Å². The van der Waals surface area contributed by atoms with Crippen LogP contribution in [0.4, 0.5) is 0 Å². The van der Waals surface area contributed by atoms with Crippen LogP contribution in [0.3, 0.4) is 0 Å². The summed E-state index contributed by atoms with van der Waals surface area (Å²) in [6.07, 6.45) is 5.39. The molecule has 0 amide bonds. The number of para-hydroxylation sites is 1. The fourth-order valence-electron chi connectivity index (χ4n) is 1.76. The molecule has 3 rings (SSSR count). The Bertz CT molecular complexity index is 568. The van der Waals surface area contributed by atoms with Crippen molar-refractivity contribution in [2.24, 2.45) is 0 Å². The lowest BCUT2D eigenvalue weighted by Gasteiger charge is -1.98. The first-order valence-electron chi connectivity index (χ1n) is 6.19. The molecule has 4 heteroatoms. The van der Waals surface area contributed by atoms with Crippen LogP contribution in [0.25, 0.3) is 10.9 Å². The highest BCUT2D eigenvalue weighted by atomic mass is 16.3. The van der Waals surface area contributed by atoms with Crippen LogP contribution >= 0.6 is 0 Å². The van der Waals surface area contributed by atoms with Crippen molar-refractivity contribution in [2.45, 2.75) is 13.5 Å². The molecule has 0 atom stereocenters. The summed E-state index contributed by atoms with van der Waals surface area (Å²) in [5.74, 6) is 0.948. The number of hydrogen-bond donors (Lipinski definition) is 1. The van der Waals surface area contributed by atoms with E-state index in [9.17, 15) is 0 Å². The van der Waals surface area contributed by atoms with Crippen LogP contribution in [-0.2, 0) is 6.54 Å². The second kappa shape index (κ2) is 6.66. The number of imidazole rings is 1. The lowest BCUT2D eigenvalue weighted by molar-refractivity contribution is 0.275. The highest BCUT2D eigenvalue weighted by molar-refractivity contribution is 5.77. The molecule has 0 bridgehead atoms. The maximum Gasteiger partial charge on any atom is 0.105 e. The summed E-state index contributed by atoms with van der Waals surface area (Å²) < 4.78 is 1.90. The Labute approximate surface area is 112 Å². The zero-order valence-electron chi connectivity index (χ0n) is 10.9. The lowest BCUT2D eigenvalue weighted by atomic mass is 10.2. The molecule has 4 nitrogen and oxygen atoms in total. The number of aromatic nitrogens is 3. The van der Waals surface area contributed by atoms with Crippen LogP contribution in [0.2, 0.25) is 0 Å². The number of benzene rings is 1. The van der Waals surface area contributed by atoms with Crippen molar-refractivity contribution < 1.29 is 5.11 Å². The smallest absolute Gasteiger partial charge is 0.105 e. The molecule has 0 fully saturated rings. The summed E-state index contributed by atoms with van der Waals surface area (Å²) in [4.78, 5) is 8.17. The van der Waals surface area contributed by atoms with E-state index in [-0.39, 0.29) is 6.61 Å². The standard InChI is InChI=1S/C9H7N.C6H10N2O/c1-2-6-9-8(4-1)5-3-7-10-9;1-6-7-2-3-8(6)4-5-9/h1-7H;2-3,9H,4-5H2,1H3. The Morgan fingerprint density at radius 2 is 1.84 bits per heavy atom. The van der Waals surface area contributed by atoms with Crippen LogP contribution in [0.1, 0.15) is 5.82 Å². The van der Waals surface area contributed by atoms with Gasteiger partial charge in [0.1, 0.15) is 5.82 Å². The Balaban J connectivity index is 0.000000141. The first kappa shape index (κ1) is 13.2. The van der Waals surface area contributed by atoms with Crippen molar-refractivity contribution in [3.05, 3.63) is 60.8 Å². The molecule has 0 unspecified atom stereocenters. The largest absolute Gasteiger partial charge is 0.395 e. The van der Waals surface area contributed by atoms with E-state index >= 15 is 0 Å². The molecule has 0 aliphatic rings. The van der Waals surface area contributed by atoms with Gasteiger partial charge < -0.3 is 9.67 Å². The molecule has 0 saturated carbocycles. The quantitative estimate of drug-likeness (QED) is 0.765. The van der Waals surface area contributed by atoms with Gasteiger partial charge in [-0.3, -0.25) is 4.98 Å². The van der Waals surface area contributed by atoms with Gasteiger partial charge in [0.15, 0.2) is 0 Å². The van der Waals surface area contributed by atoms with Gasteiger partial charge in [0.2, 0.25) is 0 Å². The summed E-state index contributed by atoms with van der Waals surface area (Å²) in [6.45, 7) is 2.73. The van der Waals surface area contributed by atoms with E-state index in [1.165, 1.54) is 5.39 Å². The van der Waals surface area contributed by atoms with E-state index in [0.29, 0.717) is 6.54 Å². The molecular weight excluding hydrogens is 238 g/mol. The third-order valence-electron chi connectivity index (χ3n) is 2.78. The predicted molar refractivity (Wildman–Crippen MR) is 75.8 cm³/mol. The second-order valence-electron chi connectivity index (χ2n) is 4.09. The van der Waals surface area contributed by atoms with E-state index in [4.69, 9.17) is 5.11 Å². The number of nitrogens with zero attached hydrogens (tertiary/aromatic N) is 3. The van der Waals surface area contributed by atoms with Gasteiger partial charge >= 0.3 is 0 Å². The Morgan fingerprint density at radius 1 is 1.05 bits per heavy atom. The average Bonchev–Trinajstić information content (AvgIpc) is 2.86. The first-order chi connectivity index (χ1) is 9.31. The minimum atomic E-state index is 0.178. The molecule has 19 heavy (non-hydrogen) atoms. The maximum absolute atomic E-state index is 8.51. The van der Waals surface area contributed by atoms with E-state index in [1.54, 1.807) is 6.20 Å². The third kappa shape index (κ3) is 3.63. The lowest BCUT2D eigenvalue weighted by Crippen LogP contribution is -2.02. The second-order valence-corrected chi connectivity index (χ2v) is 4.09. The number of aliphatic hydroxyl groups excluding tert-OH is 1. The first-order valence-corrected chi connectivity index (χ1v) is 6.19. The van der Waals surface area contributed by atoms with Gasteiger partial charge in [-0.15, -0.1) is 0 Å². The number of hydrogen-bond acceptors (Lipinski definition) is 3. The Morgan fingerprint density at radius 3 is 2.53 bits per heavy atom. The molecular formula is C15H17N3O. The average molecular weight is 255 g/mol. The molecule has 0 aliphatic carbocycles. The minimum absolute atomic E-state index is 0.178. The van der Waals surface area contributed by atoms with Gasteiger partial charge in [-0.1, -0.05) is 24.3 Å². The number of rotatable bonds is 2. The topological polar surface area (TPSA) is 50.9 Å². The molecule has 1 N–H and O–H groups in total. The molecule has 98 valence electrons. The van der Waals surface area contributed by atoms with Crippen molar-refractivity contribution in [1.82, 2.24) is 14.5 Å². The number of pyridine rings is 1. The van der Waals surface area contributed by atoms with E-state index in [1.807, 2.05) is 48.1 Å². The summed E-state index contributed by atoms with van der Waals surface area (Å²) in [6, 6.07) is 12.1. The van der Waals surface area contributed by atoms with Crippen LogP contribution in [0, 0.1) is 6.92 Å². The summed E-state index contributed by atoms with van der Waals surface area (Å²) in [5, 5.41) is 9.71. The van der Waals surface area contributed by atoms with E-state index in [2.05, 4.69) is 22.1 Å². The van der Waals surface area contributed by atoms with Crippen LogP contribution in [-0.4, -0.2) is 26.2 Å². The van der Waals surface area contributed by atoms with Crippen LogP contribution in [0.15, 0.2) is 55.0 Å². The van der Waals surface area contributed by atoms with Gasteiger partial charge in [-0.05, 0) is 19.1 Å². The molecule has 0 saturated heterocycles. The van der Waals surface area contributed by atoms with Gasteiger partial charge in [0.25, 0.3) is 0 Å². The molecule has 0 spiro atoms. The number of aliphatic hydroxyl groups is 1. The maximum atomic E-state index is 8.51. The zero-order chi connectivity index (χ0) is 13.5. The van der Waals surface area contributed by atoms with Crippen molar-refractivity contribution in [2.75, 3.05) is 6.61 Å². The summed E-state index contributed by atoms with van der Waals surface area (Å²) in [7, 11) is 0. The van der Waals surface area contributed by atoms with Gasteiger partial charge in [-0.25, -0.2) is 4.98 Å². The van der Waals surface area contributed by atoms with Crippen molar-refractivity contribution in [3.8, 4) is 0 Å². The number of aryl methyl sites for hydroxylation is 1. The van der Waals surface area contributed by atoms with Gasteiger partial charge in [0, 0.05) is 30.5 Å². The SMILES string of the molecule is Cc1nccn1CCO.c1ccc2ncccc2c1. The fraction of sp³-hybridized carbons (Fsp3) is 0.200. The van der Waals surface area contributed by atoms with Crippen molar-refractivity contribution in [1.29, 1.82) is 0 Å². The fourth-order valence-corrected chi connectivity index (χ4v) is 1.76. The zero-order valence-corrected chi connectivity index (χ0v) is 10.9. The summed E-state index contributed by atoms with van der Waals surface area (Å²) in [5.41, 5.74) is 1.06. The van der Waals surface area contributed by atoms with Crippen LogP contribution < -0.4 is 0 Å². The Hall–Kier alpha value is -2.20. The predicted octanol–water partition coefficient (Wildman–Crippen LogP) is 2.42. The molecule has 3 aromatic rings. The minimum Gasteiger partial charge on any atom is -0.395 e. The number of fused-ring (bicyclic) bond motifs is 1. The normalized spacial score (nSPS) is 10.0. The Kier molecular flexibility index (Phi) is 4.64. The van der Waals surface area contributed by atoms with Crippen molar-refractivity contribution in [3.63, 3.8) is 0 Å². The van der Waals surface area contributed by atoms with Crippen molar-refractivity contribution >= 4 is 10.9 Å². The molecule has 0 aliphatic heterocycles. The van der Waals surface area contributed by atoms with E-state index in [0.717, 1.165) is 11.3 Å². The molecule has 2 aromatic heterocycles. The van der Waals surface area contributed by atoms with Crippen LogP contribution in [0.5, 0.6) is 0 Å². The van der Waals surface area contributed by atoms with Gasteiger partial charge in [0.05, 0.1) is 12.1 Å². The monoisotopic (exact) mass is 255 g/mol. The molecule has 2 heterocycles. The highest BCUT2D eigenvalue weighted by Gasteiger charge is 1.92. The molecule has 1 aromatic carbocycles. The van der Waals surface area contributed by atoms with E-state index < -0.39 is 0 Å². The molecule has 0 radical (unpaired) electrons. The summed E-state index contributed by atoms with van der Waals surface area (Å²) >= 11 is 0. The highest BCUT2D eigenvalue weighted by Crippen LogP contribution is 2.07. The third-order valence-corrected chi connectivity index (χ3v) is 2.78.